The van der Waals surface area contributed by atoms with Crippen molar-refractivity contribution in [3.63, 3.8) is 0 Å². The molecule has 2 aromatic heterocycles. The number of hydrogen-bond acceptors (Lipinski definition) is 4. The van der Waals surface area contributed by atoms with Gasteiger partial charge in [0.25, 0.3) is 0 Å². The molecule has 0 fully saturated rings. The summed E-state index contributed by atoms with van der Waals surface area (Å²) in [4.78, 5) is 11.0. The lowest BCUT2D eigenvalue weighted by atomic mass is 10.1. The fourth-order valence-electron chi connectivity index (χ4n) is 3.10. The zero-order valence-electron chi connectivity index (χ0n) is 16.5. The third-order valence-corrected chi connectivity index (χ3v) is 5.13. The van der Waals surface area contributed by atoms with E-state index in [0.717, 1.165) is 40.3 Å². The Morgan fingerprint density at radius 3 is 2.67 bits per heavy atom. The number of hydrogen-bond donors (Lipinski definition) is 1. The smallest absolute Gasteiger partial charge is 0.194 e. The average Bonchev–Trinajstić information content (AvgIpc) is 3.20. The molecule has 27 heavy (non-hydrogen) atoms. The summed E-state index contributed by atoms with van der Waals surface area (Å²) in [6.45, 7) is 7.51. The van der Waals surface area contributed by atoms with Crippen molar-refractivity contribution in [3.8, 4) is 5.69 Å². The summed E-state index contributed by atoms with van der Waals surface area (Å²) in [6, 6.07) is 10.4. The second kappa shape index (κ2) is 8.35. The summed E-state index contributed by atoms with van der Waals surface area (Å²) in [5.41, 5.74) is 5.46. The van der Waals surface area contributed by atoms with Gasteiger partial charge < -0.3 is 10.2 Å². The lowest BCUT2D eigenvalue weighted by Crippen LogP contribution is -2.38. The van der Waals surface area contributed by atoms with Gasteiger partial charge in [-0.3, -0.25) is 4.99 Å². The van der Waals surface area contributed by atoms with Crippen LogP contribution < -0.4 is 5.32 Å². The van der Waals surface area contributed by atoms with E-state index in [9.17, 15) is 0 Å². The lowest BCUT2D eigenvalue weighted by Gasteiger charge is -2.22. The summed E-state index contributed by atoms with van der Waals surface area (Å²) >= 11 is 1.67. The van der Waals surface area contributed by atoms with Gasteiger partial charge in [-0.25, -0.2) is 9.67 Å². The highest BCUT2D eigenvalue weighted by molar-refractivity contribution is 7.09. The quantitative estimate of drug-likeness (QED) is 0.542. The largest absolute Gasteiger partial charge is 0.352 e. The number of benzene rings is 1. The van der Waals surface area contributed by atoms with E-state index in [4.69, 9.17) is 0 Å². The number of nitrogens with one attached hydrogen (secondary N) is 1. The summed E-state index contributed by atoms with van der Waals surface area (Å²) in [6.07, 6.45) is 0. The van der Waals surface area contributed by atoms with Crippen LogP contribution in [0.1, 0.15) is 27.7 Å². The van der Waals surface area contributed by atoms with Gasteiger partial charge in [-0.2, -0.15) is 5.10 Å². The van der Waals surface area contributed by atoms with Crippen LogP contribution in [0.5, 0.6) is 0 Å². The minimum Gasteiger partial charge on any atom is -0.352 e. The molecule has 0 bridgehead atoms. The number of thiazole rings is 1. The first-order valence-corrected chi connectivity index (χ1v) is 9.80. The van der Waals surface area contributed by atoms with Gasteiger partial charge in [0.05, 0.1) is 28.6 Å². The van der Waals surface area contributed by atoms with Crippen molar-refractivity contribution in [3.05, 3.63) is 63.4 Å². The molecule has 0 radical (unpaired) electrons. The number of para-hydroxylation sites is 1. The molecule has 3 rings (SSSR count). The Kier molecular flexibility index (Phi) is 5.91. The highest BCUT2D eigenvalue weighted by Gasteiger charge is 2.12. The fourth-order valence-corrected chi connectivity index (χ4v) is 3.70. The van der Waals surface area contributed by atoms with Gasteiger partial charge >= 0.3 is 0 Å². The van der Waals surface area contributed by atoms with Gasteiger partial charge in [0.2, 0.25) is 0 Å². The maximum absolute atomic E-state index is 4.62. The fraction of sp³-hybridized carbons (Fsp3) is 0.350. The summed E-state index contributed by atoms with van der Waals surface area (Å²) in [5, 5.41) is 11.3. The maximum atomic E-state index is 4.62. The van der Waals surface area contributed by atoms with E-state index in [0.29, 0.717) is 6.54 Å². The first-order valence-electron chi connectivity index (χ1n) is 8.92. The van der Waals surface area contributed by atoms with Gasteiger partial charge in [0.1, 0.15) is 0 Å². The summed E-state index contributed by atoms with van der Waals surface area (Å²) in [5.74, 6) is 0.837. The molecule has 0 saturated carbocycles. The first-order chi connectivity index (χ1) is 13.0. The summed E-state index contributed by atoms with van der Waals surface area (Å²) < 4.78 is 2.00. The van der Waals surface area contributed by atoms with E-state index in [-0.39, 0.29) is 0 Å². The molecule has 142 valence electrons. The first kappa shape index (κ1) is 19.1. The van der Waals surface area contributed by atoms with Crippen LogP contribution in [0.4, 0.5) is 0 Å². The van der Waals surface area contributed by atoms with E-state index in [2.05, 4.69) is 61.9 Å². The van der Waals surface area contributed by atoms with Crippen molar-refractivity contribution in [2.24, 2.45) is 4.99 Å². The van der Waals surface area contributed by atoms with Crippen LogP contribution in [-0.2, 0) is 13.1 Å². The molecule has 0 unspecified atom stereocenters. The Bertz CT molecular complexity index is 940. The highest BCUT2D eigenvalue weighted by Crippen LogP contribution is 2.17. The number of rotatable bonds is 5. The highest BCUT2D eigenvalue weighted by atomic mass is 32.1. The molecule has 6 nitrogen and oxygen atoms in total. The Morgan fingerprint density at radius 2 is 2.04 bits per heavy atom. The van der Waals surface area contributed by atoms with Gasteiger partial charge in [-0.05, 0) is 38.5 Å². The Labute approximate surface area is 164 Å². The molecule has 0 spiro atoms. The Hall–Kier alpha value is -2.67. The zero-order chi connectivity index (χ0) is 19.4. The monoisotopic (exact) mass is 382 g/mol. The van der Waals surface area contributed by atoms with Crippen molar-refractivity contribution in [1.82, 2.24) is 25.0 Å². The van der Waals surface area contributed by atoms with E-state index >= 15 is 0 Å². The van der Waals surface area contributed by atoms with Crippen molar-refractivity contribution in [2.45, 2.75) is 33.9 Å². The Balaban J connectivity index is 1.73. The molecule has 0 aliphatic rings. The lowest BCUT2D eigenvalue weighted by molar-refractivity contribution is 0.470. The molecule has 0 atom stereocenters. The van der Waals surface area contributed by atoms with Crippen molar-refractivity contribution < 1.29 is 0 Å². The van der Waals surface area contributed by atoms with Crippen LogP contribution in [0.25, 0.3) is 5.69 Å². The van der Waals surface area contributed by atoms with Crippen LogP contribution in [0.2, 0.25) is 0 Å². The minimum atomic E-state index is 0.668. The predicted octanol–water partition coefficient (Wildman–Crippen LogP) is 3.46. The minimum absolute atomic E-state index is 0.668. The van der Waals surface area contributed by atoms with Crippen LogP contribution in [0, 0.1) is 20.8 Å². The molecule has 3 aromatic rings. The number of aryl methyl sites for hydroxylation is 3. The molecule has 2 heterocycles. The van der Waals surface area contributed by atoms with Gasteiger partial charge in [0, 0.05) is 31.7 Å². The topological polar surface area (TPSA) is 58.3 Å². The average molecular weight is 383 g/mol. The van der Waals surface area contributed by atoms with Crippen LogP contribution in [-0.4, -0.2) is 39.7 Å². The molecule has 0 aliphatic heterocycles. The molecule has 0 aliphatic carbocycles. The number of guanidine groups is 1. The molecule has 1 aromatic carbocycles. The molecular formula is C20H26N6S. The standard InChI is InChI=1S/C20H26N6S/c1-14-10-15(2)26(24-14)19-9-7-6-8-17(19)11-22-20(21-4)25(5)12-18-13-27-16(3)23-18/h6-10,13H,11-12H2,1-5H3,(H,21,22). The summed E-state index contributed by atoms with van der Waals surface area (Å²) in [7, 11) is 3.83. The van der Waals surface area contributed by atoms with Crippen molar-refractivity contribution in [2.75, 3.05) is 14.1 Å². The molecule has 0 saturated heterocycles. The van der Waals surface area contributed by atoms with E-state index in [1.165, 1.54) is 5.56 Å². The van der Waals surface area contributed by atoms with Crippen LogP contribution in [0.3, 0.4) is 0 Å². The Morgan fingerprint density at radius 1 is 1.26 bits per heavy atom. The van der Waals surface area contributed by atoms with Crippen molar-refractivity contribution in [1.29, 1.82) is 0 Å². The number of nitrogens with zero attached hydrogens (tertiary/aromatic N) is 5. The maximum Gasteiger partial charge on any atom is 0.194 e. The van der Waals surface area contributed by atoms with Crippen LogP contribution in [0.15, 0.2) is 40.7 Å². The second-order valence-corrected chi connectivity index (χ2v) is 7.64. The van der Waals surface area contributed by atoms with Gasteiger partial charge in [-0.1, -0.05) is 18.2 Å². The third kappa shape index (κ3) is 4.54. The number of aromatic nitrogens is 3. The zero-order valence-corrected chi connectivity index (χ0v) is 17.3. The SMILES string of the molecule is CN=C(NCc1ccccc1-n1nc(C)cc1C)N(C)Cc1csc(C)n1. The molecular weight excluding hydrogens is 356 g/mol. The van der Waals surface area contributed by atoms with E-state index in [1.54, 1.807) is 18.4 Å². The van der Waals surface area contributed by atoms with Gasteiger partial charge in [-0.15, -0.1) is 11.3 Å². The molecule has 7 heteroatoms. The van der Waals surface area contributed by atoms with E-state index < -0.39 is 0 Å². The molecule has 1 N–H and O–H groups in total. The van der Waals surface area contributed by atoms with Crippen molar-refractivity contribution >= 4 is 17.3 Å². The second-order valence-electron chi connectivity index (χ2n) is 6.58. The molecule has 0 amide bonds. The predicted molar refractivity (Wildman–Crippen MR) is 112 cm³/mol. The van der Waals surface area contributed by atoms with E-state index in [1.807, 2.05) is 31.6 Å². The van der Waals surface area contributed by atoms with Gasteiger partial charge in [0.15, 0.2) is 5.96 Å². The third-order valence-electron chi connectivity index (χ3n) is 4.31. The number of aliphatic imine (C=N–C) groups is 1. The van der Waals surface area contributed by atoms with Crippen LogP contribution >= 0.6 is 11.3 Å². The normalized spacial score (nSPS) is 11.7.